The number of aromatic nitrogens is 3. The zero-order chi connectivity index (χ0) is 22.4. The van der Waals surface area contributed by atoms with Gasteiger partial charge >= 0.3 is 0 Å². The van der Waals surface area contributed by atoms with Gasteiger partial charge in [-0.25, -0.2) is 4.98 Å². The Bertz CT molecular complexity index is 1590. The lowest BCUT2D eigenvalue weighted by Crippen LogP contribution is -1.96. The highest BCUT2D eigenvalue weighted by Gasteiger charge is 2.16. The van der Waals surface area contributed by atoms with Crippen LogP contribution in [-0.4, -0.2) is 21.3 Å². The molecule has 2 aromatic heterocycles. The first kappa shape index (κ1) is 19.6. The Morgan fingerprint density at radius 2 is 1.79 bits per heavy atom. The molecule has 160 valence electrons. The van der Waals surface area contributed by atoms with E-state index in [-0.39, 0.29) is 6.79 Å². The zero-order valence-corrected chi connectivity index (χ0v) is 18.2. The van der Waals surface area contributed by atoms with E-state index >= 15 is 0 Å². The third kappa shape index (κ3) is 3.34. The summed E-state index contributed by atoms with van der Waals surface area (Å²) in [5.74, 6) is 1.51. The van der Waals surface area contributed by atoms with Crippen LogP contribution in [0, 0.1) is 11.3 Å². The molecule has 0 radical (unpaired) electrons. The van der Waals surface area contributed by atoms with Crippen molar-refractivity contribution in [3.8, 4) is 34.4 Å². The Kier molecular flexibility index (Phi) is 4.63. The fourth-order valence-electron chi connectivity index (χ4n) is 4.23. The molecule has 0 bridgehead atoms. The van der Waals surface area contributed by atoms with Crippen LogP contribution in [0.25, 0.3) is 38.8 Å². The van der Waals surface area contributed by atoms with Crippen LogP contribution in [0.15, 0.2) is 67.1 Å². The number of pyridine rings is 1. The number of fused-ring (bicyclic) bond motifs is 4. The first-order chi connectivity index (χ1) is 16.2. The molecule has 0 amide bonds. The summed E-state index contributed by atoms with van der Waals surface area (Å²) in [7, 11) is 0. The maximum absolute atomic E-state index is 8.86. The Balaban J connectivity index is 1.51. The fraction of sp³-hybridized carbons (Fsp3) is 0.115. The molecular formula is C26H17ClN4O2. The first-order valence-corrected chi connectivity index (χ1v) is 10.9. The third-order valence-electron chi connectivity index (χ3n) is 5.88. The van der Waals surface area contributed by atoms with Gasteiger partial charge in [0.1, 0.15) is 11.8 Å². The Labute approximate surface area is 194 Å². The number of hydrogen-bond acceptors (Lipinski definition) is 5. The standard InChI is InChI=1S/C26H17ClN4O2/c27-20-10-16(2-1-9-28)3-7-23(20)31-14-30-22-13-29-21-6-4-17(11-19(21)26(22)31)18-5-8-24-25(12-18)33-15-32-24/h3-8,10-14H,1-2,15H2. The first-order valence-electron chi connectivity index (χ1n) is 10.5. The van der Waals surface area contributed by atoms with Crippen molar-refractivity contribution < 1.29 is 9.47 Å². The predicted molar refractivity (Wildman–Crippen MR) is 127 cm³/mol. The molecule has 0 fully saturated rings. The summed E-state index contributed by atoms with van der Waals surface area (Å²) >= 11 is 6.66. The average molecular weight is 453 g/mol. The molecule has 0 unspecified atom stereocenters. The Hall–Kier alpha value is -4.08. The summed E-state index contributed by atoms with van der Waals surface area (Å²) in [6, 6.07) is 20.2. The van der Waals surface area contributed by atoms with Crippen molar-refractivity contribution in [3.63, 3.8) is 0 Å². The van der Waals surface area contributed by atoms with Crippen molar-refractivity contribution in [1.82, 2.24) is 14.5 Å². The SMILES string of the molecule is N#CCCc1ccc(-n2cnc3cnc4ccc(-c5ccc6c(c5)OCO6)cc4c32)c(Cl)c1. The number of hydrogen-bond donors (Lipinski definition) is 0. The van der Waals surface area contributed by atoms with Gasteiger partial charge in [-0.15, -0.1) is 0 Å². The number of rotatable bonds is 4. The summed E-state index contributed by atoms with van der Waals surface area (Å²) < 4.78 is 13.0. The van der Waals surface area contributed by atoms with E-state index in [4.69, 9.17) is 26.3 Å². The molecule has 3 heterocycles. The van der Waals surface area contributed by atoms with E-state index < -0.39 is 0 Å². The van der Waals surface area contributed by atoms with E-state index in [0.717, 1.165) is 55.8 Å². The summed E-state index contributed by atoms with van der Waals surface area (Å²) in [6.45, 7) is 0.246. The van der Waals surface area contributed by atoms with Crippen molar-refractivity contribution >= 4 is 33.5 Å². The molecule has 5 aromatic rings. The summed E-state index contributed by atoms with van der Waals surface area (Å²) in [6.07, 6.45) is 4.69. The van der Waals surface area contributed by atoms with Crippen LogP contribution in [-0.2, 0) is 6.42 Å². The minimum Gasteiger partial charge on any atom is -0.454 e. The quantitative estimate of drug-likeness (QED) is 0.330. The van der Waals surface area contributed by atoms with E-state index in [1.54, 1.807) is 12.5 Å². The number of aryl methyl sites for hydroxylation is 1. The van der Waals surface area contributed by atoms with Crippen LogP contribution < -0.4 is 9.47 Å². The van der Waals surface area contributed by atoms with Gasteiger partial charge in [0.25, 0.3) is 0 Å². The van der Waals surface area contributed by atoms with Gasteiger partial charge in [0.2, 0.25) is 6.79 Å². The van der Waals surface area contributed by atoms with Gasteiger partial charge in [-0.3, -0.25) is 9.55 Å². The lowest BCUT2D eigenvalue weighted by molar-refractivity contribution is 0.174. The Morgan fingerprint density at radius 3 is 2.67 bits per heavy atom. The Morgan fingerprint density at radius 1 is 0.939 bits per heavy atom. The largest absolute Gasteiger partial charge is 0.454 e. The molecule has 33 heavy (non-hydrogen) atoms. The molecule has 1 aliphatic rings. The molecule has 0 aliphatic carbocycles. The zero-order valence-electron chi connectivity index (χ0n) is 17.5. The second-order valence-electron chi connectivity index (χ2n) is 7.85. The van der Waals surface area contributed by atoms with Crippen molar-refractivity contribution in [1.29, 1.82) is 5.26 Å². The minimum absolute atomic E-state index is 0.246. The number of ether oxygens (including phenoxy) is 2. The maximum Gasteiger partial charge on any atom is 0.231 e. The molecule has 1 aliphatic heterocycles. The van der Waals surface area contributed by atoms with E-state index in [9.17, 15) is 0 Å². The van der Waals surface area contributed by atoms with Gasteiger partial charge in [0.15, 0.2) is 11.5 Å². The van der Waals surface area contributed by atoms with E-state index in [0.29, 0.717) is 17.9 Å². The number of nitrogens with zero attached hydrogens (tertiary/aromatic N) is 4. The van der Waals surface area contributed by atoms with Gasteiger partial charge in [-0.05, 0) is 59.5 Å². The van der Waals surface area contributed by atoms with Crippen molar-refractivity contribution in [2.24, 2.45) is 0 Å². The van der Waals surface area contributed by atoms with E-state index in [2.05, 4.69) is 28.2 Å². The predicted octanol–water partition coefficient (Wildman–Crippen LogP) is 6.08. The normalized spacial score (nSPS) is 12.4. The van der Waals surface area contributed by atoms with Gasteiger partial charge in [0.05, 0.1) is 34.0 Å². The van der Waals surface area contributed by atoms with Crippen LogP contribution in [0.1, 0.15) is 12.0 Å². The van der Waals surface area contributed by atoms with Crippen LogP contribution in [0.2, 0.25) is 5.02 Å². The average Bonchev–Trinajstić information content (AvgIpc) is 3.49. The topological polar surface area (TPSA) is 73.0 Å². The molecule has 0 saturated heterocycles. The minimum atomic E-state index is 0.246. The van der Waals surface area contributed by atoms with Crippen LogP contribution in [0.3, 0.4) is 0 Å². The molecule has 7 heteroatoms. The van der Waals surface area contributed by atoms with Gasteiger partial charge in [0, 0.05) is 11.8 Å². The van der Waals surface area contributed by atoms with Gasteiger partial charge in [-0.2, -0.15) is 5.26 Å². The van der Waals surface area contributed by atoms with Gasteiger partial charge < -0.3 is 9.47 Å². The third-order valence-corrected chi connectivity index (χ3v) is 6.18. The highest BCUT2D eigenvalue weighted by Crippen LogP contribution is 2.37. The lowest BCUT2D eigenvalue weighted by Gasteiger charge is -2.11. The molecule has 0 saturated carbocycles. The summed E-state index contributed by atoms with van der Waals surface area (Å²) in [5, 5.41) is 10.4. The second-order valence-corrected chi connectivity index (χ2v) is 8.26. The number of benzene rings is 3. The molecule has 0 atom stereocenters. The van der Waals surface area contributed by atoms with Crippen molar-refractivity contribution in [2.75, 3.05) is 6.79 Å². The van der Waals surface area contributed by atoms with Gasteiger partial charge in [-0.1, -0.05) is 29.8 Å². The molecule has 0 N–H and O–H groups in total. The molecule has 0 spiro atoms. The number of nitriles is 1. The van der Waals surface area contributed by atoms with Crippen LogP contribution >= 0.6 is 11.6 Å². The van der Waals surface area contributed by atoms with Crippen molar-refractivity contribution in [2.45, 2.75) is 12.8 Å². The molecular weight excluding hydrogens is 436 g/mol. The molecule has 6 nitrogen and oxygen atoms in total. The molecule has 3 aromatic carbocycles. The smallest absolute Gasteiger partial charge is 0.231 e. The van der Waals surface area contributed by atoms with E-state index in [1.165, 1.54) is 0 Å². The monoisotopic (exact) mass is 452 g/mol. The maximum atomic E-state index is 8.86. The van der Waals surface area contributed by atoms with Crippen molar-refractivity contribution in [3.05, 3.63) is 77.7 Å². The fourth-order valence-corrected chi connectivity index (χ4v) is 4.53. The second kappa shape index (κ2) is 7.80. The summed E-state index contributed by atoms with van der Waals surface area (Å²) in [5.41, 5.74) is 6.54. The number of imidazole rings is 1. The highest BCUT2D eigenvalue weighted by atomic mass is 35.5. The van der Waals surface area contributed by atoms with Crippen LogP contribution in [0.4, 0.5) is 0 Å². The summed E-state index contributed by atoms with van der Waals surface area (Å²) in [4.78, 5) is 9.17. The van der Waals surface area contributed by atoms with E-state index in [1.807, 2.05) is 47.0 Å². The highest BCUT2D eigenvalue weighted by molar-refractivity contribution is 6.32. The number of halogens is 1. The molecule has 6 rings (SSSR count). The lowest BCUT2D eigenvalue weighted by atomic mass is 10.0. The van der Waals surface area contributed by atoms with Crippen LogP contribution in [0.5, 0.6) is 11.5 Å².